The molecule has 2 N–H and O–H groups in total. The second kappa shape index (κ2) is 8.88. The number of hydrogen-bond acceptors (Lipinski definition) is 4. The first kappa shape index (κ1) is 18.5. The Morgan fingerprint density at radius 3 is 2.52 bits per heavy atom. The molecule has 0 spiro atoms. The summed E-state index contributed by atoms with van der Waals surface area (Å²) < 4.78 is 0. The Morgan fingerprint density at radius 2 is 1.88 bits per heavy atom. The van der Waals surface area contributed by atoms with E-state index in [1.165, 1.54) is 5.69 Å². The van der Waals surface area contributed by atoms with Gasteiger partial charge in [-0.1, -0.05) is 17.7 Å². The summed E-state index contributed by atoms with van der Waals surface area (Å²) in [4.78, 5) is 15.9. The normalized spacial score (nSPS) is 25.1. The van der Waals surface area contributed by atoms with E-state index < -0.39 is 5.97 Å². The van der Waals surface area contributed by atoms with Gasteiger partial charge in [0.2, 0.25) is 0 Å². The number of piperazine rings is 1. The molecule has 2 aliphatic rings. The van der Waals surface area contributed by atoms with Crippen molar-refractivity contribution in [1.29, 1.82) is 0 Å². The number of halogens is 1. The van der Waals surface area contributed by atoms with Gasteiger partial charge in [-0.15, -0.1) is 0 Å². The molecule has 1 saturated heterocycles. The van der Waals surface area contributed by atoms with E-state index in [-0.39, 0.29) is 5.92 Å². The minimum absolute atomic E-state index is 0.127. The van der Waals surface area contributed by atoms with E-state index >= 15 is 0 Å². The topological polar surface area (TPSA) is 55.8 Å². The molecule has 1 aliphatic heterocycles. The summed E-state index contributed by atoms with van der Waals surface area (Å²) in [5, 5.41) is 13.5. The third-order valence-electron chi connectivity index (χ3n) is 5.48. The fourth-order valence-corrected chi connectivity index (χ4v) is 4.06. The lowest BCUT2D eigenvalue weighted by molar-refractivity contribution is -0.142. The van der Waals surface area contributed by atoms with Crippen molar-refractivity contribution in [2.75, 3.05) is 44.2 Å². The monoisotopic (exact) mass is 365 g/mol. The molecule has 6 heteroatoms. The predicted molar refractivity (Wildman–Crippen MR) is 101 cm³/mol. The Kier molecular flexibility index (Phi) is 6.57. The van der Waals surface area contributed by atoms with Crippen molar-refractivity contribution in [2.45, 2.75) is 31.7 Å². The van der Waals surface area contributed by atoms with Crippen molar-refractivity contribution in [3.63, 3.8) is 0 Å². The van der Waals surface area contributed by atoms with Crippen LogP contribution in [0, 0.1) is 5.92 Å². The number of carboxylic acids is 1. The van der Waals surface area contributed by atoms with E-state index in [1.54, 1.807) is 0 Å². The number of hydrogen-bond donors (Lipinski definition) is 2. The van der Waals surface area contributed by atoms with Crippen molar-refractivity contribution in [2.24, 2.45) is 5.92 Å². The van der Waals surface area contributed by atoms with Crippen molar-refractivity contribution in [1.82, 2.24) is 10.2 Å². The first-order valence-corrected chi connectivity index (χ1v) is 9.68. The van der Waals surface area contributed by atoms with Gasteiger partial charge in [-0.25, -0.2) is 0 Å². The molecule has 0 unspecified atom stereocenters. The fraction of sp³-hybridized carbons (Fsp3) is 0.632. The minimum Gasteiger partial charge on any atom is -0.481 e. The van der Waals surface area contributed by atoms with Crippen LogP contribution in [-0.2, 0) is 4.79 Å². The summed E-state index contributed by atoms with van der Waals surface area (Å²) in [6, 6.07) is 8.57. The average molecular weight is 366 g/mol. The molecule has 138 valence electrons. The smallest absolute Gasteiger partial charge is 0.306 e. The van der Waals surface area contributed by atoms with Crippen LogP contribution in [0.3, 0.4) is 0 Å². The van der Waals surface area contributed by atoms with Crippen LogP contribution in [-0.4, -0.2) is 61.3 Å². The number of benzene rings is 1. The van der Waals surface area contributed by atoms with E-state index in [0.29, 0.717) is 6.04 Å². The zero-order valence-electron chi connectivity index (χ0n) is 14.7. The highest BCUT2D eigenvalue weighted by atomic mass is 35.5. The van der Waals surface area contributed by atoms with Crippen LogP contribution in [0.1, 0.15) is 25.7 Å². The second-order valence-electron chi connectivity index (χ2n) is 7.15. The molecule has 1 saturated carbocycles. The zero-order chi connectivity index (χ0) is 17.6. The molecule has 5 nitrogen and oxygen atoms in total. The van der Waals surface area contributed by atoms with Gasteiger partial charge in [0.1, 0.15) is 0 Å². The molecule has 1 heterocycles. The largest absolute Gasteiger partial charge is 0.481 e. The molecule has 1 aliphatic carbocycles. The van der Waals surface area contributed by atoms with Crippen LogP contribution in [0.25, 0.3) is 0 Å². The molecule has 0 atom stereocenters. The highest BCUT2D eigenvalue weighted by Gasteiger charge is 2.25. The van der Waals surface area contributed by atoms with Crippen molar-refractivity contribution < 1.29 is 9.90 Å². The summed E-state index contributed by atoms with van der Waals surface area (Å²) in [5.74, 6) is -0.756. The van der Waals surface area contributed by atoms with E-state index in [9.17, 15) is 4.79 Å². The summed E-state index contributed by atoms with van der Waals surface area (Å²) in [6.45, 7) is 6.25. The standard InChI is InChI=1S/C19H28ClN3O2/c20-16-2-1-3-18(14-16)23-12-10-22(11-13-23)9-8-21-17-6-4-15(5-7-17)19(24)25/h1-3,14-15,17,21H,4-13H2,(H,24,25). The van der Waals surface area contributed by atoms with Crippen molar-refractivity contribution >= 4 is 23.3 Å². The highest BCUT2D eigenvalue weighted by molar-refractivity contribution is 6.30. The maximum absolute atomic E-state index is 11.0. The maximum atomic E-state index is 11.0. The van der Waals surface area contributed by atoms with E-state index in [2.05, 4.69) is 21.2 Å². The Hall–Kier alpha value is -1.30. The lowest BCUT2D eigenvalue weighted by Gasteiger charge is -2.36. The first-order valence-electron chi connectivity index (χ1n) is 9.31. The number of anilines is 1. The lowest BCUT2D eigenvalue weighted by atomic mass is 9.86. The molecule has 3 rings (SSSR count). The number of nitrogens with one attached hydrogen (secondary N) is 1. The average Bonchev–Trinajstić information content (AvgIpc) is 2.63. The van der Waals surface area contributed by atoms with E-state index in [4.69, 9.17) is 16.7 Å². The Labute approximate surface area is 154 Å². The van der Waals surface area contributed by atoms with E-state index in [1.807, 2.05) is 18.2 Å². The summed E-state index contributed by atoms with van der Waals surface area (Å²) in [6.07, 6.45) is 3.59. The van der Waals surface area contributed by atoms with Gasteiger partial charge in [0.15, 0.2) is 0 Å². The van der Waals surface area contributed by atoms with Gasteiger partial charge in [0, 0.05) is 56.0 Å². The Bertz CT molecular complexity index is 568. The van der Waals surface area contributed by atoms with Gasteiger partial charge in [-0.3, -0.25) is 9.69 Å². The Balaban J connectivity index is 1.33. The van der Waals surface area contributed by atoms with Crippen LogP contribution < -0.4 is 10.2 Å². The number of carboxylic acid groups (broad SMARTS) is 1. The molecule has 1 aromatic carbocycles. The first-order chi connectivity index (χ1) is 12.1. The van der Waals surface area contributed by atoms with Gasteiger partial charge in [-0.05, 0) is 43.9 Å². The van der Waals surface area contributed by atoms with Gasteiger partial charge < -0.3 is 15.3 Å². The molecule has 0 aromatic heterocycles. The SMILES string of the molecule is O=C(O)C1CCC(NCCN2CCN(c3cccc(Cl)c3)CC2)CC1. The second-order valence-corrected chi connectivity index (χ2v) is 7.59. The number of nitrogens with zero attached hydrogens (tertiary/aromatic N) is 2. The van der Waals surface area contributed by atoms with Gasteiger partial charge in [0.25, 0.3) is 0 Å². The van der Waals surface area contributed by atoms with Gasteiger partial charge in [-0.2, -0.15) is 0 Å². The molecule has 1 aromatic rings. The predicted octanol–water partition coefficient (Wildman–Crippen LogP) is 2.70. The lowest BCUT2D eigenvalue weighted by Crippen LogP contribution is -2.49. The van der Waals surface area contributed by atoms with E-state index in [0.717, 1.165) is 70.0 Å². The molecular formula is C19H28ClN3O2. The third kappa shape index (κ3) is 5.33. The van der Waals surface area contributed by atoms with Crippen LogP contribution in [0.5, 0.6) is 0 Å². The van der Waals surface area contributed by atoms with Crippen molar-refractivity contribution in [3.05, 3.63) is 29.3 Å². The number of aliphatic carboxylic acids is 1. The number of carbonyl (C=O) groups is 1. The Morgan fingerprint density at radius 1 is 1.16 bits per heavy atom. The van der Waals surface area contributed by atoms with Crippen LogP contribution >= 0.6 is 11.6 Å². The fourth-order valence-electron chi connectivity index (χ4n) is 3.87. The highest BCUT2D eigenvalue weighted by Crippen LogP contribution is 2.24. The van der Waals surface area contributed by atoms with Gasteiger partial charge >= 0.3 is 5.97 Å². The molecule has 2 fully saturated rings. The quantitative estimate of drug-likeness (QED) is 0.811. The van der Waals surface area contributed by atoms with Crippen LogP contribution in [0.2, 0.25) is 5.02 Å². The summed E-state index contributed by atoms with van der Waals surface area (Å²) in [7, 11) is 0. The maximum Gasteiger partial charge on any atom is 0.306 e. The molecule has 0 radical (unpaired) electrons. The van der Waals surface area contributed by atoms with Gasteiger partial charge in [0.05, 0.1) is 5.92 Å². The summed E-state index contributed by atoms with van der Waals surface area (Å²) >= 11 is 6.08. The zero-order valence-corrected chi connectivity index (χ0v) is 15.4. The molecule has 0 amide bonds. The number of rotatable bonds is 6. The third-order valence-corrected chi connectivity index (χ3v) is 5.72. The molecule has 25 heavy (non-hydrogen) atoms. The summed E-state index contributed by atoms with van der Waals surface area (Å²) in [5.41, 5.74) is 1.21. The van der Waals surface area contributed by atoms with Crippen LogP contribution in [0.4, 0.5) is 5.69 Å². The van der Waals surface area contributed by atoms with Crippen LogP contribution in [0.15, 0.2) is 24.3 Å². The van der Waals surface area contributed by atoms with Crippen molar-refractivity contribution in [3.8, 4) is 0 Å². The molecular weight excluding hydrogens is 338 g/mol. The minimum atomic E-state index is -0.629. The molecule has 0 bridgehead atoms.